The van der Waals surface area contributed by atoms with Crippen molar-refractivity contribution in [3.05, 3.63) is 108 Å². The van der Waals surface area contributed by atoms with E-state index in [-0.39, 0.29) is 50.2 Å². The Hall–Kier alpha value is -6.41. The Kier molecular flexibility index (Phi) is 28.1. The number of nitrogens with two attached hydrogens (primary N) is 1. The van der Waals surface area contributed by atoms with E-state index in [2.05, 4.69) is 47.5 Å². The molecule has 93 heavy (non-hydrogen) atoms. The molecule has 1 aromatic heterocycles. The molecular formula is C61H86N10O20S2. The third-order valence-corrected chi connectivity index (χ3v) is 18.6. The van der Waals surface area contributed by atoms with E-state index in [4.69, 9.17) is 19.9 Å². The van der Waals surface area contributed by atoms with E-state index in [0.29, 0.717) is 34.0 Å². The molecule has 3 aromatic carbocycles. The molecule has 3 aliphatic rings. The quantitative estimate of drug-likeness (QED) is 0.0243. The molecule has 4 aromatic rings. The monoisotopic (exact) mass is 1340 g/mol. The fourth-order valence-electron chi connectivity index (χ4n) is 10.7. The first-order chi connectivity index (χ1) is 44.4. The minimum atomic E-state index is -2.70. The summed E-state index contributed by atoms with van der Waals surface area (Å²) in [6.45, 7) is -0.343. The SMILES string of the molecule is C[C@@H](O)C1NC(=O)[C@H](CCCCN)NC(=O)[C@@H](Cc2c[nH]c3ccccc23)NC(=O)C(Cc2ccccc2)NC(=O)[C@@H](NC(=O)[C@@H](Cc2ccccc2)NCC2(O)OC[C@@H](O)[C@@H](O[C@H]3O[C@H](CO)[C@@H](O)[C@H](O)[C@H]3O)[C@@H]2O)CSSCC(C(=O)N[C@H](CO)[C@@H](C)O)NC1=O. The van der Waals surface area contributed by atoms with Crippen molar-refractivity contribution in [2.45, 2.75) is 168 Å². The maximum Gasteiger partial charge on any atom is 0.245 e. The highest BCUT2D eigenvalue weighted by atomic mass is 33.1. The second-order valence-corrected chi connectivity index (χ2v) is 25.8. The second kappa shape index (κ2) is 35.4. The number of benzene rings is 3. The first kappa shape index (κ1) is 74.0. The molecule has 21 N–H and O–H groups in total. The van der Waals surface area contributed by atoms with E-state index in [0.717, 1.165) is 21.6 Å². The number of carbonyl (C=O) groups is 7. The number of amides is 7. The van der Waals surface area contributed by atoms with Crippen LogP contribution in [0.5, 0.6) is 0 Å². The lowest BCUT2D eigenvalue weighted by Crippen LogP contribution is -2.68. The van der Waals surface area contributed by atoms with E-state index in [1.807, 2.05) is 0 Å². The van der Waals surface area contributed by atoms with Crippen LogP contribution >= 0.6 is 21.6 Å². The van der Waals surface area contributed by atoms with Gasteiger partial charge in [-0.15, -0.1) is 0 Å². The van der Waals surface area contributed by atoms with Gasteiger partial charge >= 0.3 is 0 Å². The van der Waals surface area contributed by atoms with Crippen molar-refractivity contribution in [2.75, 3.05) is 44.4 Å². The zero-order valence-electron chi connectivity index (χ0n) is 51.2. The largest absolute Gasteiger partial charge is 0.394 e. The lowest BCUT2D eigenvalue weighted by atomic mass is 9.95. The van der Waals surface area contributed by atoms with Gasteiger partial charge in [-0.1, -0.05) is 100 Å². The molecule has 0 aliphatic carbocycles. The number of H-pyrrole nitrogens is 1. The van der Waals surface area contributed by atoms with Gasteiger partial charge in [-0.05, 0) is 68.8 Å². The average molecular weight is 1340 g/mol. The summed E-state index contributed by atoms with van der Waals surface area (Å²) in [5.74, 6) is -9.92. The van der Waals surface area contributed by atoms with Crippen molar-refractivity contribution < 1.29 is 98.8 Å². The lowest BCUT2D eigenvalue weighted by Gasteiger charge is -2.47. The Morgan fingerprint density at radius 3 is 2.02 bits per heavy atom. The normalized spacial score (nSPS) is 30.3. The molecule has 7 amide bonds. The van der Waals surface area contributed by atoms with Gasteiger partial charge in [-0.25, -0.2) is 0 Å². The molecule has 512 valence electrons. The number of aromatic nitrogens is 1. The van der Waals surface area contributed by atoms with Gasteiger partial charge in [0.25, 0.3) is 0 Å². The molecular weight excluding hydrogens is 1260 g/mol. The maximum absolute atomic E-state index is 15.2. The number of aromatic amines is 1. The maximum atomic E-state index is 15.2. The van der Waals surface area contributed by atoms with Crippen LogP contribution in [0.3, 0.4) is 0 Å². The highest BCUT2D eigenvalue weighted by Gasteiger charge is 2.53. The van der Waals surface area contributed by atoms with Gasteiger partial charge in [-0.3, -0.25) is 33.6 Å². The number of para-hydroxylation sites is 1. The van der Waals surface area contributed by atoms with Gasteiger partial charge in [-0.2, -0.15) is 0 Å². The summed E-state index contributed by atoms with van der Waals surface area (Å²) < 4.78 is 16.7. The lowest BCUT2D eigenvalue weighted by molar-refractivity contribution is -0.367. The van der Waals surface area contributed by atoms with E-state index in [9.17, 15) is 70.2 Å². The minimum Gasteiger partial charge on any atom is -0.394 e. The first-order valence-corrected chi connectivity index (χ1v) is 33.0. The number of hydrogen-bond donors (Lipinski definition) is 20. The molecule has 30 nitrogen and oxygen atoms in total. The molecule has 3 saturated heterocycles. The Morgan fingerprint density at radius 2 is 1.37 bits per heavy atom. The Balaban J connectivity index is 1.25. The van der Waals surface area contributed by atoms with Crippen molar-refractivity contribution in [3.8, 4) is 0 Å². The number of carbonyl (C=O) groups excluding carboxylic acids is 7. The predicted octanol–water partition coefficient (Wildman–Crippen LogP) is -5.55. The van der Waals surface area contributed by atoms with Crippen molar-refractivity contribution >= 4 is 73.8 Å². The smallest absolute Gasteiger partial charge is 0.245 e. The third-order valence-electron chi connectivity index (χ3n) is 16.2. The van der Waals surface area contributed by atoms with Gasteiger partial charge in [0.05, 0.1) is 50.7 Å². The van der Waals surface area contributed by atoms with Crippen LogP contribution in [-0.2, 0) is 67.0 Å². The summed E-state index contributed by atoms with van der Waals surface area (Å²) >= 11 is 0. The number of aliphatic hydroxyl groups is 10. The molecule has 3 aliphatic heterocycles. The summed E-state index contributed by atoms with van der Waals surface area (Å²) in [6.07, 6.45) is -15.8. The minimum absolute atomic E-state index is 0.0380. The number of unbranched alkanes of at least 4 members (excludes halogenated alkanes) is 1. The van der Waals surface area contributed by atoms with Crippen LogP contribution in [0.25, 0.3) is 10.9 Å². The van der Waals surface area contributed by atoms with Crippen LogP contribution in [0.2, 0.25) is 0 Å². The van der Waals surface area contributed by atoms with E-state index in [1.54, 1.807) is 91.1 Å². The summed E-state index contributed by atoms with van der Waals surface area (Å²) in [7, 11) is 1.82. The van der Waals surface area contributed by atoms with Crippen molar-refractivity contribution in [2.24, 2.45) is 5.73 Å². The van der Waals surface area contributed by atoms with Gasteiger partial charge in [0.1, 0.15) is 79.0 Å². The van der Waals surface area contributed by atoms with Crippen molar-refractivity contribution in [1.82, 2.24) is 47.5 Å². The number of nitrogens with one attached hydrogen (secondary N) is 9. The summed E-state index contributed by atoms with van der Waals surface area (Å²) in [4.78, 5) is 106. The third kappa shape index (κ3) is 20.3. The molecule has 4 heterocycles. The highest BCUT2D eigenvalue weighted by molar-refractivity contribution is 8.76. The summed E-state index contributed by atoms with van der Waals surface area (Å²) in [6, 6.07) is 12.2. The summed E-state index contributed by atoms with van der Waals surface area (Å²) in [5, 5.41) is 129. The first-order valence-electron chi connectivity index (χ1n) is 30.5. The zero-order chi connectivity index (χ0) is 67.5. The molecule has 0 bridgehead atoms. The number of aliphatic hydroxyl groups excluding tert-OH is 9. The molecule has 19 atom stereocenters. The van der Waals surface area contributed by atoms with Crippen LogP contribution in [0.15, 0.2) is 91.1 Å². The molecule has 7 rings (SSSR count). The number of hydrogen-bond acceptors (Lipinski definition) is 24. The Labute approximate surface area is 543 Å². The van der Waals surface area contributed by atoms with Crippen molar-refractivity contribution in [1.29, 1.82) is 0 Å². The van der Waals surface area contributed by atoms with E-state index >= 15 is 14.4 Å². The van der Waals surface area contributed by atoms with Gasteiger partial charge in [0, 0.05) is 41.4 Å². The van der Waals surface area contributed by atoms with Crippen LogP contribution in [-0.4, -0.2) is 257 Å². The average Bonchev–Trinajstić information content (AvgIpc) is 1.33. The van der Waals surface area contributed by atoms with Crippen LogP contribution in [0.1, 0.15) is 49.8 Å². The molecule has 0 saturated carbocycles. The number of fused-ring (bicyclic) bond motifs is 1. The van der Waals surface area contributed by atoms with E-state index < -0.39 is 183 Å². The predicted molar refractivity (Wildman–Crippen MR) is 337 cm³/mol. The number of ether oxygens (including phenoxy) is 3. The Bertz CT molecular complexity index is 3090. The van der Waals surface area contributed by atoms with Gasteiger partial charge in [0.15, 0.2) is 6.29 Å². The van der Waals surface area contributed by atoms with Crippen LogP contribution in [0.4, 0.5) is 0 Å². The molecule has 4 unspecified atom stereocenters. The van der Waals surface area contributed by atoms with Crippen molar-refractivity contribution in [3.63, 3.8) is 0 Å². The molecule has 3 fully saturated rings. The molecule has 32 heteroatoms. The standard InChI is InChI=1S/C61H86N10O20S2/c1-31(74)42(25-72)68-58(86)44-29-93-92-28-43(69-54(82)39(21-33-13-5-3-6-14-33)64-30-61(88)52(80)51(45(76)27-89-61)91-60-50(79)49(78)48(77)46(26-73)90-60)57(85)66-40(22-34-15-7-4-8-16-34)55(83)67-41(23-35-24-63-37-18-10-9-17-36(35)37)56(84)65-38(19-11-12-20-62)53(81)71-47(32(2)75)59(87)70-44/h3-10,13-18,24,31-32,38-52,60,63-64,72-80,88H,11-12,19-23,25-30,62H2,1-2H3,(H,65,84)(H,66,85)(H,67,83)(H,68,86)(H,69,82)(H,70,87)(H,71,81)/t31-,32-,38+,39-,40?,41-,42-,43+,44?,45-,46-,47?,48-,49+,50-,51-,52+,60-,61?/m1/s1. The van der Waals surface area contributed by atoms with E-state index in [1.165, 1.54) is 13.8 Å². The fraction of sp³-hybridized carbons (Fsp3) is 0.557. The zero-order valence-corrected chi connectivity index (χ0v) is 52.8. The second-order valence-electron chi connectivity index (χ2n) is 23.3. The summed E-state index contributed by atoms with van der Waals surface area (Å²) in [5.41, 5.74) is 8.20. The fourth-order valence-corrected chi connectivity index (χ4v) is 13.0. The number of rotatable bonds is 23. The van der Waals surface area contributed by atoms with Gasteiger partial charge < -0.3 is 119 Å². The highest BCUT2D eigenvalue weighted by Crippen LogP contribution is 2.31. The molecule has 0 spiro atoms. The molecule has 0 radical (unpaired) electrons. The van der Waals surface area contributed by atoms with Crippen LogP contribution in [0, 0.1) is 0 Å². The van der Waals surface area contributed by atoms with Gasteiger partial charge in [0.2, 0.25) is 47.1 Å². The van der Waals surface area contributed by atoms with Crippen LogP contribution < -0.4 is 48.3 Å². The Morgan fingerprint density at radius 1 is 0.742 bits per heavy atom. The topological polar surface area (TPSA) is 488 Å².